The minimum Gasteiger partial charge on any atom is -0.467 e. The van der Waals surface area contributed by atoms with Gasteiger partial charge in [0, 0.05) is 18.1 Å². The van der Waals surface area contributed by atoms with Crippen molar-refractivity contribution in [3.05, 3.63) is 30.5 Å². The highest BCUT2D eigenvalue weighted by atomic mass is 16.7. The maximum atomic E-state index is 5.34. The van der Waals surface area contributed by atoms with Crippen molar-refractivity contribution >= 4 is 11.0 Å². The molecule has 0 spiro atoms. The molecule has 0 N–H and O–H groups in total. The molecule has 0 saturated heterocycles. The van der Waals surface area contributed by atoms with Gasteiger partial charge in [-0.05, 0) is 25.1 Å². The smallest absolute Gasteiger partial charge is 0.189 e. The molecule has 0 unspecified atom stereocenters. The molecule has 0 saturated carbocycles. The molecule has 0 atom stereocenters. The van der Waals surface area contributed by atoms with Crippen LogP contribution in [-0.2, 0) is 4.74 Å². The van der Waals surface area contributed by atoms with E-state index in [1.807, 2.05) is 31.2 Å². The molecule has 74 valence electrons. The number of furan rings is 1. The molecule has 1 aromatic carbocycles. The highest BCUT2D eigenvalue weighted by molar-refractivity contribution is 5.78. The molecule has 0 aliphatic rings. The first-order chi connectivity index (χ1) is 6.90. The van der Waals surface area contributed by atoms with E-state index in [1.54, 1.807) is 6.26 Å². The fourth-order valence-electron chi connectivity index (χ4n) is 1.22. The topological polar surface area (TPSA) is 31.6 Å². The van der Waals surface area contributed by atoms with Crippen LogP contribution in [0.15, 0.2) is 34.9 Å². The Morgan fingerprint density at radius 1 is 1.29 bits per heavy atom. The summed E-state index contributed by atoms with van der Waals surface area (Å²) < 4.78 is 15.7. The lowest BCUT2D eigenvalue weighted by molar-refractivity contribution is 0.0224. The predicted octanol–water partition coefficient (Wildman–Crippen LogP) is 2.81. The Morgan fingerprint density at radius 3 is 3.07 bits per heavy atom. The van der Waals surface area contributed by atoms with Crippen LogP contribution in [0.2, 0.25) is 0 Å². The van der Waals surface area contributed by atoms with Gasteiger partial charge in [0.15, 0.2) is 6.79 Å². The molecule has 0 amide bonds. The van der Waals surface area contributed by atoms with Crippen LogP contribution in [0.3, 0.4) is 0 Å². The van der Waals surface area contributed by atoms with Crippen molar-refractivity contribution in [2.45, 2.75) is 6.92 Å². The summed E-state index contributed by atoms with van der Waals surface area (Å²) in [6, 6.07) is 7.63. The molecule has 3 heteroatoms. The summed E-state index contributed by atoms with van der Waals surface area (Å²) in [5.74, 6) is 0.765. The number of rotatable bonds is 4. The number of ether oxygens (including phenoxy) is 2. The van der Waals surface area contributed by atoms with Gasteiger partial charge in [0.2, 0.25) is 0 Å². The van der Waals surface area contributed by atoms with Crippen molar-refractivity contribution in [2.75, 3.05) is 13.4 Å². The predicted molar refractivity (Wildman–Crippen MR) is 53.3 cm³/mol. The van der Waals surface area contributed by atoms with Gasteiger partial charge in [-0.3, -0.25) is 0 Å². The highest BCUT2D eigenvalue weighted by Gasteiger charge is 1.99. The highest BCUT2D eigenvalue weighted by Crippen LogP contribution is 2.21. The second-order valence-corrected chi connectivity index (χ2v) is 2.88. The third kappa shape index (κ3) is 1.88. The van der Waals surface area contributed by atoms with Crippen LogP contribution in [0.25, 0.3) is 11.0 Å². The van der Waals surface area contributed by atoms with Crippen LogP contribution in [0.4, 0.5) is 0 Å². The third-order valence-corrected chi connectivity index (χ3v) is 1.94. The lowest BCUT2D eigenvalue weighted by Crippen LogP contribution is -2.01. The average molecular weight is 192 g/mol. The molecule has 0 radical (unpaired) electrons. The van der Waals surface area contributed by atoms with Gasteiger partial charge < -0.3 is 13.9 Å². The molecule has 0 bridgehead atoms. The molecule has 0 fully saturated rings. The van der Waals surface area contributed by atoms with E-state index in [1.165, 1.54) is 0 Å². The third-order valence-electron chi connectivity index (χ3n) is 1.94. The van der Waals surface area contributed by atoms with E-state index in [2.05, 4.69) is 0 Å². The summed E-state index contributed by atoms with van der Waals surface area (Å²) >= 11 is 0. The van der Waals surface area contributed by atoms with Gasteiger partial charge in [0.1, 0.15) is 11.3 Å². The summed E-state index contributed by atoms with van der Waals surface area (Å²) in [4.78, 5) is 0. The molecule has 0 aliphatic carbocycles. The van der Waals surface area contributed by atoms with E-state index >= 15 is 0 Å². The molecule has 2 aromatic rings. The maximum Gasteiger partial charge on any atom is 0.189 e. The van der Waals surface area contributed by atoms with E-state index in [-0.39, 0.29) is 6.79 Å². The summed E-state index contributed by atoms with van der Waals surface area (Å²) in [6.07, 6.45) is 1.66. The fourth-order valence-corrected chi connectivity index (χ4v) is 1.22. The first kappa shape index (κ1) is 9.09. The Hall–Kier alpha value is -1.48. The van der Waals surface area contributed by atoms with Gasteiger partial charge in [0.05, 0.1) is 6.26 Å². The second-order valence-electron chi connectivity index (χ2n) is 2.88. The van der Waals surface area contributed by atoms with E-state index in [4.69, 9.17) is 13.9 Å². The fraction of sp³-hybridized carbons (Fsp3) is 0.273. The molecule has 1 heterocycles. The Balaban J connectivity index is 2.10. The molecule has 1 aromatic heterocycles. The van der Waals surface area contributed by atoms with Gasteiger partial charge in [-0.25, -0.2) is 0 Å². The molecule has 2 rings (SSSR count). The normalized spacial score (nSPS) is 10.6. The van der Waals surface area contributed by atoms with Crippen LogP contribution >= 0.6 is 0 Å². The zero-order valence-corrected chi connectivity index (χ0v) is 8.03. The first-order valence-electron chi connectivity index (χ1n) is 4.58. The van der Waals surface area contributed by atoms with Crippen LogP contribution in [0, 0.1) is 0 Å². The maximum absolute atomic E-state index is 5.34. The van der Waals surface area contributed by atoms with Gasteiger partial charge in [0.25, 0.3) is 0 Å². The van der Waals surface area contributed by atoms with Crippen molar-refractivity contribution in [1.29, 1.82) is 0 Å². The van der Waals surface area contributed by atoms with Crippen molar-refractivity contribution in [3.63, 3.8) is 0 Å². The Labute approximate surface area is 82.2 Å². The lowest BCUT2D eigenvalue weighted by Gasteiger charge is -2.04. The van der Waals surface area contributed by atoms with E-state index in [0.717, 1.165) is 16.7 Å². The van der Waals surface area contributed by atoms with E-state index < -0.39 is 0 Å². The van der Waals surface area contributed by atoms with Crippen molar-refractivity contribution in [3.8, 4) is 5.75 Å². The minimum atomic E-state index is 0.280. The zero-order valence-electron chi connectivity index (χ0n) is 8.03. The quantitative estimate of drug-likeness (QED) is 0.551. The Bertz CT molecular complexity index is 406. The molecule has 14 heavy (non-hydrogen) atoms. The first-order valence-corrected chi connectivity index (χ1v) is 4.58. The SMILES string of the molecule is CCOCOc1ccc2ccoc2c1. The van der Waals surface area contributed by atoms with Crippen molar-refractivity contribution in [1.82, 2.24) is 0 Å². The average Bonchev–Trinajstić information content (AvgIpc) is 2.65. The van der Waals surface area contributed by atoms with Gasteiger partial charge >= 0.3 is 0 Å². The number of hydrogen-bond donors (Lipinski definition) is 0. The second kappa shape index (κ2) is 4.15. The zero-order chi connectivity index (χ0) is 9.80. The summed E-state index contributed by atoms with van der Waals surface area (Å²) in [5, 5.41) is 1.08. The van der Waals surface area contributed by atoms with Crippen LogP contribution < -0.4 is 4.74 Å². The van der Waals surface area contributed by atoms with Crippen molar-refractivity contribution < 1.29 is 13.9 Å². The molecular weight excluding hydrogens is 180 g/mol. The lowest BCUT2D eigenvalue weighted by atomic mass is 10.2. The van der Waals surface area contributed by atoms with Gasteiger partial charge in [-0.2, -0.15) is 0 Å². The molecule has 0 aliphatic heterocycles. The van der Waals surface area contributed by atoms with Crippen LogP contribution in [0.5, 0.6) is 5.75 Å². The summed E-state index contributed by atoms with van der Waals surface area (Å²) in [6.45, 7) is 2.87. The Kier molecular flexibility index (Phi) is 2.70. The van der Waals surface area contributed by atoms with Crippen LogP contribution in [0.1, 0.15) is 6.92 Å². The van der Waals surface area contributed by atoms with Gasteiger partial charge in [-0.15, -0.1) is 0 Å². The van der Waals surface area contributed by atoms with Gasteiger partial charge in [-0.1, -0.05) is 0 Å². The van der Waals surface area contributed by atoms with Crippen molar-refractivity contribution in [2.24, 2.45) is 0 Å². The number of fused-ring (bicyclic) bond motifs is 1. The minimum absolute atomic E-state index is 0.280. The molecular formula is C11H12O3. The summed E-state index contributed by atoms with van der Waals surface area (Å²) in [7, 11) is 0. The van der Waals surface area contributed by atoms with Crippen LogP contribution in [-0.4, -0.2) is 13.4 Å². The largest absolute Gasteiger partial charge is 0.467 e. The number of benzene rings is 1. The molecule has 3 nitrogen and oxygen atoms in total. The standard InChI is InChI=1S/C11H12O3/c1-2-12-8-14-10-4-3-9-5-6-13-11(9)7-10/h3-7H,2,8H2,1H3. The van der Waals surface area contributed by atoms with E-state index in [0.29, 0.717) is 6.61 Å². The van der Waals surface area contributed by atoms with E-state index in [9.17, 15) is 0 Å². The summed E-state index contributed by atoms with van der Waals surface area (Å²) in [5.41, 5.74) is 0.832. The Morgan fingerprint density at radius 2 is 2.21 bits per heavy atom. The monoisotopic (exact) mass is 192 g/mol. The number of hydrogen-bond acceptors (Lipinski definition) is 3.